The summed E-state index contributed by atoms with van der Waals surface area (Å²) in [5, 5.41) is 0. The van der Waals surface area contributed by atoms with Crippen LogP contribution in [0.15, 0.2) is 97.2 Å². The molecule has 0 amide bonds. The zero-order chi connectivity index (χ0) is 24.5. The Labute approximate surface area is 237 Å². The van der Waals surface area contributed by atoms with Crippen LogP contribution >= 0.6 is 0 Å². The summed E-state index contributed by atoms with van der Waals surface area (Å²) in [6.07, 6.45) is 1.78. The van der Waals surface area contributed by atoms with Crippen molar-refractivity contribution in [2.24, 2.45) is 0 Å². The molecule has 0 aliphatic heterocycles. The molecule has 0 radical (unpaired) electrons. The first-order valence-corrected chi connectivity index (χ1v) is 13.5. The fourth-order valence-corrected chi connectivity index (χ4v) is 6.66. The van der Waals surface area contributed by atoms with Crippen LogP contribution in [0, 0.1) is 26.0 Å². The minimum absolute atomic E-state index is 0. The van der Waals surface area contributed by atoms with Crippen LogP contribution in [0.25, 0.3) is 42.3 Å². The van der Waals surface area contributed by atoms with E-state index >= 15 is 0 Å². The average molecular weight is 725 g/mol. The monoisotopic (exact) mass is 725 g/mol. The Morgan fingerprint density at radius 2 is 1.38 bits per heavy atom. The molecule has 0 aliphatic rings. The SMILES string of the molecule is Cc1cccc(C)c1-c1cccc2nc(-c3[c-]c(Oc4[c-]c(-c5ccccn5)ccc4)ccc3)[se]c12.[Pt+2]. The molecule has 4 aromatic carbocycles. The van der Waals surface area contributed by atoms with Crippen LogP contribution in [0.5, 0.6) is 11.5 Å². The molecular weight excluding hydrogens is 702 g/mol. The van der Waals surface area contributed by atoms with Crippen molar-refractivity contribution in [2.45, 2.75) is 13.8 Å². The molecule has 0 aliphatic carbocycles. The maximum atomic E-state index is 6.16. The number of aromatic nitrogens is 2. The molecule has 2 heterocycles. The number of hydrogen-bond acceptors (Lipinski definition) is 3. The Bertz CT molecular complexity index is 1670. The third-order valence-electron chi connectivity index (χ3n) is 6.09. The molecule has 2 aromatic heterocycles. The number of rotatable bonds is 5. The van der Waals surface area contributed by atoms with Crippen molar-refractivity contribution < 1.29 is 25.8 Å². The van der Waals surface area contributed by atoms with Crippen molar-refractivity contribution in [3.05, 3.63) is 120 Å². The molecular formula is C32H22N2OPtSe. The second kappa shape index (κ2) is 11.0. The van der Waals surface area contributed by atoms with Crippen molar-refractivity contribution in [2.75, 3.05) is 0 Å². The smallest absolute Gasteiger partial charge is 2.00 e. The van der Waals surface area contributed by atoms with Gasteiger partial charge in [0.15, 0.2) is 0 Å². The van der Waals surface area contributed by atoms with Gasteiger partial charge < -0.3 is 0 Å². The molecule has 5 heteroatoms. The standard InChI is InChI=1S/C32H22N2OSe.Pt/c1-21-9-5-10-22(2)30(21)27-15-8-17-29-31(27)36-32(34-29)24-12-7-14-26(20-24)35-25-13-6-11-23(19-25)28-16-3-4-18-33-28;/h3-18H,1-2H3;/q-2;+2. The second-order valence-electron chi connectivity index (χ2n) is 8.61. The summed E-state index contributed by atoms with van der Waals surface area (Å²) in [4.78, 5) is 9.43. The Morgan fingerprint density at radius 3 is 2.11 bits per heavy atom. The van der Waals surface area contributed by atoms with Gasteiger partial charge in [-0.05, 0) is 0 Å². The number of fused-ring (bicyclic) bond motifs is 1. The van der Waals surface area contributed by atoms with E-state index in [1.807, 2.05) is 48.5 Å². The minimum Gasteiger partial charge on any atom is 2.00 e. The van der Waals surface area contributed by atoms with E-state index in [9.17, 15) is 0 Å². The molecule has 0 spiro atoms. The van der Waals surface area contributed by atoms with Gasteiger partial charge in [-0.3, -0.25) is 0 Å². The van der Waals surface area contributed by atoms with Crippen molar-refractivity contribution in [3.8, 4) is 44.0 Å². The first-order chi connectivity index (χ1) is 17.7. The van der Waals surface area contributed by atoms with Gasteiger partial charge in [0.1, 0.15) is 0 Å². The molecule has 6 aromatic rings. The van der Waals surface area contributed by atoms with Gasteiger partial charge in [0.25, 0.3) is 0 Å². The van der Waals surface area contributed by atoms with Gasteiger partial charge in [0.05, 0.1) is 0 Å². The van der Waals surface area contributed by atoms with Gasteiger partial charge >= 0.3 is 238 Å². The Kier molecular flexibility index (Phi) is 7.53. The summed E-state index contributed by atoms with van der Waals surface area (Å²) in [6.45, 7) is 4.36. The van der Waals surface area contributed by atoms with E-state index in [-0.39, 0.29) is 35.6 Å². The number of ether oxygens (including phenoxy) is 1. The van der Waals surface area contributed by atoms with Crippen LogP contribution in [0.4, 0.5) is 0 Å². The molecule has 0 saturated carbocycles. The van der Waals surface area contributed by atoms with Gasteiger partial charge in [-0.1, -0.05) is 0 Å². The van der Waals surface area contributed by atoms with Gasteiger partial charge in [0, 0.05) is 0 Å². The summed E-state index contributed by atoms with van der Waals surface area (Å²) in [6, 6.07) is 37.3. The van der Waals surface area contributed by atoms with Crippen molar-refractivity contribution >= 4 is 24.3 Å². The average Bonchev–Trinajstić information content (AvgIpc) is 3.35. The van der Waals surface area contributed by atoms with E-state index in [1.54, 1.807) is 6.20 Å². The van der Waals surface area contributed by atoms with E-state index in [1.165, 1.54) is 26.5 Å². The Hall–Kier alpha value is -3.29. The fraction of sp³-hybridized carbons (Fsp3) is 0.0625. The summed E-state index contributed by atoms with van der Waals surface area (Å²) < 4.78 is 8.55. The normalized spacial score (nSPS) is 10.8. The molecule has 0 N–H and O–H groups in total. The van der Waals surface area contributed by atoms with E-state index in [4.69, 9.17) is 9.72 Å². The zero-order valence-corrected chi connectivity index (χ0v) is 24.3. The third-order valence-corrected chi connectivity index (χ3v) is 8.48. The number of hydrogen-bond donors (Lipinski definition) is 0. The maximum absolute atomic E-state index is 6.16. The topological polar surface area (TPSA) is 35.0 Å². The van der Waals surface area contributed by atoms with Gasteiger partial charge in [0.2, 0.25) is 0 Å². The first-order valence-electron chi connectivity index (χ1n) is 11.8. The summed E-state index contributed by atoms with van der Waals surface area (Å²) >= 11 is 0.0702. The quantitative estimate of drug-likeness (QED) is 0.135. The number of pyridine rings is 1. The summed E-state index contributed by atoms with van der Waals surface area (Å²) in [7, 11) is 0. The molecule has 0 saturated heterocycles. The van der Waals surface area contributed by atoms with Crippen LogP contribution in [-0.2, 0) is 21.1 Å². The van der Waals surface area contributed by atoms with E-state index in [0.29, 0.717) is 11.5 Å². The van der Waals surface area contributed by atoms with Gasteiger partial charge in [-0.15, -0.1) is 0 Å². The predicted octanol–water partition coefficient (Wildman–Crippen LogP) is 7.69. The van der Waals surface area contributed by atoms with Crippen molar-refractivity contribution in [1.82, 2.24) is 9.97 Å². The van der Waals surface area contributed by atoms with Crippen LogP contribution in [0.1, 0.15) is 11.1 Å². The molecule has 6 rings (SSSR count). The maximum Gasteiger partial charge on any atom is 2.00 e. The number of aryl methyl sites for hydroxylation is 2. The second-order valence-corrected chi connectivity index (χ2v) is 10.7. The van der Waals surface area contributed by atoms with Crippen molar-refractivity contribution in [1.29, 1.82) is 0 Å². The molecule has 0 fully saturated rings. The predicted molar refractivity (Wildman–Crippen MR) is 146 cm³/mol. The Balaban J connectivity index is 0.00000280. The molecule has 0 bridgehead atoms. The number of nitrogens with zero attached hydrogens (tertiary/aromatic N) is 2. The molecule has 37 heavy (non-hydrogen) atoms. The molecule has 182 valence electrons. The third kappa shape index (κ3) is 5.24. The van der Waals surface area contributed by atoms with E-state index in [2.05, 4.69) is 73.4 Å². The van der Waals surface area contributed by atoms with Crippen LogP contribution in [0.3, 0.4) is 0 Å². The summed E-state index contributed by atoms with van der Waals surface area (Å²) in [5.41, 5.74) is 8.96. The Morgan fingerprint density at radius 1 is 0.703 bits per heavy atom. The van der Waals surface area contributed by atoms with Gasteiger partial charge in [-0.25, -0.2) is 0 Å². The van der Waals surface area contributed by atoms with Crippen molar-refractivity contribution in [3.63, 3.8) is 0 Å². The van der Waals surface area contributed by atoms with Crippen LogP contribution in [-0.4, -0.2) is 24.5 Å². The summed E-state index contributed by atoms with van der Waals surface area (Å²) in [5.74, 6) is 1.28. The van der Waals surface area contributed by atoms with Crippen LogP contribution < -0.4 is 4.74 Å². The fourth-order valence-electron chi connectivity index (χ4n) is 4.43. The minimum atomic E-state index is 0. The van der Waals surface area contributed by atoms with Gasteiger partial charge in [-0.2, -0.15) is 0 Å². The largest absolute Gasteiger partial charge is 2.00 e. The van der Waals surface area contributed by atoms with E-state index in [0.717, 1.165) is 26.9 Å². The van der Waals surface area contributed by atoms with Crippen LogP contribution in [0.2, 0.25) is 0 Å². The molecule has 0 atom stereocenters. The zero-order valence-electron chi connectivity index (χ0n) is 20.3. The number of benzene rings is 4. The molecule has 3 nitrogen and oxygen atoms in total. The van der Waals surface area contributed by atoms with E-state index < -0.39 is 0 Å². The molecule has 0 unspecified atom stereocenters. The first kappa shape index (κ1) is 25.4.